The van der Waals surface area contributed by atoms with Crippen LogP contribution in [-0.2, 0) is 4.79 Å². The minimum atomic E-state index is -0.0909. The summed E-state index contributed by atoms with van der Waals surface area (Å²) in [5, 5.41) is 6.11. The molecule has 0 unspecified atom stereocenters. The van der Waals surface area contributed by atoms with Gasteiger partial charge in [-0.05, 0) is 37.8 Å². The highest BCUT2D eigenvalue weighted by atomic mass is 16.5. The first kappa shape index (κ1) is 20.3. The number of likely N-dealkylation sites (tertiary alicyclic amines) is 1. The van der Waals surface area contributed by atoms with E-state index >= 15 is 0 Å². The minimum Gasteiger partial charge on any atom is -0.493 e. The lowest BCUT2D eigenvalue weighted by molar-refractivity contribution is -0.121. The minimum absolute atomic E-state index is 0.0143. The molecule has 3 rings (SSSR count). The number of anilines is 1. The van der Waals surface area contributed by atoms with Crippen molar-refractivity contribution in [3.8, 4) is 11.5 Å². The van der Waals surface area contributed by atoms with Crippen molar-refractivity contribution in [2.75, 3.05) is 32.6 Å². The molecule has 2 fully saturated rings. The predicted molar refractivity (Wildman–Crippen MR) is 108 cm³/mol. The van der Waals surface area contributed by atoms with E-state index in [1.807, 2.05) is 4.90 Å². The smallest absolute Gasteiger partial charge is 0.317 e. The number of urea groups is 1. The highest BCUT2D eigenvalue weighted by Gasteiger charge is 2.28. The Kier molecular flexibility index (Phi) is 7.01. The van der Waals surface area contributed by atoms with E-state index in [2.05, 4.69) is 10.6 Å². The summed E-state index contributed by atoms with van der Waals surface area (Å²) in [6.45, 7) is 1.23. The Morgan fingerprint density at radius 1 is 0.964 bits per heavy atom. The number of carbonyl (C=O) groups excluding carboxylic acids is 2. The van der Waals surface area contributed by atoms with E-state index in [4.69, 9.17) is 9.47 Å². The van der Waals surface area contributed by atoms with Gasteiger partial charge in [0.15, 0.2) is 11.5 Å². The van der Waals surface area contributed by atoms with Crippen molar-refractivity contribution in [1.29, 1.82) is 0 Å². The molecule has 1 aliphatic carbocycles. The number of amides is 3. The van der Waals surface area contributed by atoms with Crippen LogP contribution in [0.25, 0.3) is 0 Å². The quantitative estimate of drug-likeness (QED) is 0.809. The van der Waals surface area contributed by atoms with Crippen LogP contribution in [0.4, 0.5) is 10.5 Å². The fourth-order valence-electron chi connectivity index (χ4n) is 4.02. The normalized spacial score (nSPS) is 18.4. The molecule has 1 saturated carbocycles. The topological polar surface area (TPSA) is 79.9 Å². The zero-order valence-electron chi connectivity index (χ0n) is 16.8. The lowest BCUT2D eigenvalue weighted by Gasteiger charge is -2.33. The van der Waals surface area contributed by atoms with Crippen molar-refractivity contribution in [2.24, 2.45) is 5.92 Å². The SMILES string of the molecule is COc1ccc(NC(=O)C2CCN(C(=O)NC3CCCCC3)CC2)cc1OC. The lowest BCUT2D eigenvalue weighted by Crippen LogP contribution is -2.49. The van der Waals surface area contributed by atoms with Gasteiger partial charge in [0.05, 0.1) is 14.2 Å². The lowest BCUT2D eigenvalue weighted by atomic mass is 9.95. The molecule has 7 heteroatoms. The summed E-state index contributed by atoms with van der Waals surface area (Å²) in [5.74, 6) is 1.10. The maximum Gasteiger partial charge on any atom is 0.317 e. The largest absolute Gasteiger partial charge is 0.493 e. The monoisotopic (exact) mass is 389 g/mol. The molecule has 3 amide bonds. The van der Waals surface area contributed by atoms with Crippen LogP contribution >= 0.6 is 0 Å². The highest BCUT2D eigenvalue weighted by molar-refractivity contribution is 5.93. The Labute approximate surface area is 166 Å². The third-order valence-electron chi connectivity index (χ3n) is 5.74. The Hall–Kier alpha value is -2.44. The van der Waals surface area contributed by atoms with E-state index in [9.17, 15) is 9.59 Å². The molecule has 2 aliphatic rings. The number of rotatable bonds is 5. The fraction of sp³-hybridized carbons (Fsp3) is 0.619. The van der Waals surface area contributed by atoms with Crippen molar-refractivity contribution in [3.05, 3.63) is 18.2 Å². The van der Waals surface area contributed by atoms with Crippen LogP contribution < -0.4 is 20.1 Å². The molecule has 28 heavy (non-hydrogen) atoms. The number of hydrogen-bond acceptors (Lipinski definition) is 4. The number of nitrogens with one attached hydrogen (secondary N) is 2. The second-order valence-electron chi connectivity index (χ2n) is 7.60. The first-order valence-electron chi connectivity index (χ1n) is 10.2. The maximum atomic E-state index is 12.6. The molecule has 1 saturated heterocycles. The van der Waals surface area contributed by atoms with Gasteiger partial charge in [0.25, 0.3) is 0 Å². The average molecular weight is 389 g/mol. The molecule has 154 valence electrons. The van der Waals surface area contributed by atoms with Crippen molar-refractivity contribution >= 4 is 17.6 Å². The van der Waals surface area contributed by atoms with E-state index in [0.29, 0.717) is 49.2 Å². The van der Waals surface area contributed by atoms with Crippen molar-refractivity contribution in [3.63, 3.8) is 0 Å². The van der Waals surface area contributed by atoms with Crippen LogP contribution in [0.2, 0.25) is 0 Å². The number of carbonyl (C=O) groups is 2. The second kappa shape index (κ2) is 9.66. The maximum absolute atomic E-state index is 12.6. The predicted octanol–water partition coefficient (Wildman–Crippen LogP) is 3.40. The third kappa shape index (κ3) is 5.09. The molecule has 1 aromatic carbocycles. The first-order chi connectivity index (χ1) is 13.6. The van der Waals surface area contributed by atoms with Crippen LogP contribution in [0.5, 0.6) is 11.5 Å². The van der Waals surface area contributed by atoms with Crippen LogP contribution in [0, 0.1) is 5.92 Å². The van der Waals surface area contributed by atoms with Crippen LogP contribution in [0.15, 0.2) is 18.2 Å². The molecule has 2 N–H and O–H groups in total. The standard InChI is InChI=1S/C21H31N3O4/c1-27-18-9-8-17(14-19(18)28-2)22-20(25)15-10-12-24(13-11-15)21(26)23-16-6-4-3-5-7-16/h8-9,14-16H,3-7,10-13H2,1-2H3,(H,22,25)(H,23,26). The van der Waals surface area contributed by atoms with Crippen LogP contribution in [0.1, 0.15) is 44.9 Å². The molecular formula is C21H31N3O4. The number of nitrogens with zero attached hydrogens (tertiary/aromatic N) is 1. The van der Waals surface area contributed by atoms with Gasteiger partial charge in [-0.2, -0.15) is 0 Å². The molecule has 0 spiro atoms. The molecule has 1 aliphatic heterocycles. The van der Waals surface area contributed by atoms with Gasteiger partial charge >= 0.3 is 6.03 Å². The first-order valence-corrected chi connectivity index (χ1v) is 10.2. The Morgan fingerprint density at radius 3 is 2.29 bits per heavy atom. The molecule has 0 atom stereocenters. The zero-order valence-corrected chi connectivity index (χ0v) is 16.8. The van der Waals surface area contributed by atoms with E-state index in [1.54, 1.807) is 32.4 Å². The van der Waals surface area contributed by atoms with Gasteiger partial charge in [0.1, 0.15) is 0 Å². The number of piperidine rings is 1. The fourth-order valence-corrected chi connectivity index (χ4v) is 4.02. The van der Waals surface area contributed by atoms with E-state index in [1.165, 1.54) is 19.3 Å². The van der Waals surface area contributed by atoms with Gasteiger partial charge in [-0.25, -0.2) is 4.79 Å². The molecule has 0 radical (unpaired) electrons. The van der Waals surface area contributed by atoms with Gasteiger partial charge in [0.2, 0.25) is 5.91 Å². The highest BCUT2D eigenvalue weighted by Crippen LogP contribution is 2.30. The summed E-state index contributed by atoms with van der Waals surface area (Å²) in [6, 6.07) is 5.65. The van der Waals surface area contributed by atoms with Crippen LogP contribution in [0.3, 0.4) is 0 Å². The Balaban J connectivity index is 1.47. The van der Waals surface area contributed by atoms with Gasteiger partial charge in [-0.1, -0.05) is 19.3 Å². The van der Waals surface area contributed by atoms with Gasteiger partial charge in [-0.3, -0.25) is 4.79 Å². The van der Waals surface area contributed by atoms with Crippen molar-refractivity contribution < 1.29 is 19.1 Å². The summed E-state index contributed by atoms with van der Waals surface area (Å²) in [5.41, 5.74) is 0.681. The molecule has 1 heterocycles. The summed E-state index contributed by atoms with van der Waals surface area (Å²) in [4.78, 5) is 26.9. The summed E-state index contributed by atoms with van der Waals surface area (Å²) in [6.07, 6.45) is 7.18. The number of benzene rings is 1. The number of hydrogen-bond donors (Lipinski definition) is 2. The van der Waals surface area contributed by atoms with Crippen LogP contribution in [-0.4, -0.2) is 50.2 Å². The summed E-state index contributed by atoms with van der Waals surface area (Å²) < 4.78 is 10.5. The van der Waals surface area contributed by atoms with Crippen molar-refractivity contribution in [2.45, 2.75) is 51.0 Å². The molecule has 0 aromatic heterocycles. The summed E-state index contributed by atoms with van der Waals surface area (Å²) >= 11 is 0. The molecule has 7 nitrogen and oxygen atoms in total. The number of methoxy groups -OCH3 is 2. The van der Waals surface area contributed by atoms with E-state index in [0.717, 1.165) is 12.8 Å². The van der Waals surface area contributed by atoms with Gasteiger partial charge in [0, 0.05) is 36.8 Å². The van der Waals surface area contributed by atoms with E-state index < -0.39 is 0 Å². The van der Waals surface area contributed by atoms with E-state index in [-0.39, 0.29) is 17.9 Å². The van der Waals surface area contributed by atoms with Gasteiger partial charge in [-0.15, -0.1) is 0 Å². The molecule has 1 aromatic rings. The van der Waals surface area contributed by atoms with Crippen molar-refractivity contribution in [1.82, 2.24) is 10.2 Å². The Morgan fingerprint density at radius 2 is 1.64 bits per heavy atom. The number of ether oxygens (including phenoxy) is 2. The average Bonchev–Trinajstić information content (AvgIpc) is 2.74. The third-order valence-corrected chi connectivity index (χ3v) is 5.74. The zero-order chi connectivity index (χ0) is 19.9. The second-order valence-corrected chi connectivity index (χ2v) is 7.60. The summed E-state index contributed by atoms with van der Waals surface area (Å²) in [7, 11) is 3.14. The van der Waals surface area contributed by atoms with Gasteiger partial charge < -0.3 is 25.0 Å². The Bertz CT molecular complexity index is 680. The molecular weight excluding hydrogens is 358 g/mol. The molecule has 0 bridgehead atoms.